The number of hydrogen-bond donors (Lipinski definition) is 2. The molecule has 0 fully saturated rings. The molecule has 0 aliphatic rings. The lowest BCUT2D eigenvalue weighted by atomic mass is 10.3. The normalized spacial score (nSPS) is 10.6. The third-order valence-electron chi connectivity index (χ3n) is 2.05. The van der Waals surface area contributed by atoms with Gasteiger partial charge in [0.2, 0.25) is 5.91 Å². The zero-order valence-corrected chi connectivity index (χ0v) is 10.2. The van der Waals surface area contributed by atoms with Gasteiger partial charge in [-0.2, -0.15) is 0 Å². The number of fused-ring (bicyclic) bond motifs is 1. The number of carbonyl (C=O) groups is 1. The summed E-state index contributed by atoms with van der Waals surface area (Å²) in [5, 5.41) is 3.60. The van der Waals surface area contributed by atoms with E-state index in [1.165, 1.54) is 7.11 Å². The summed E-state index contributed by atoms with van der Waals surface area (Å²) in [6.45, 7) is 0.0358. The number of ether oxygens (including phenoxy) is 1. The molecule has 0 saturated heterocycles. The van der Waals surface area contributed by atoms with E-state index < -0.39 is 0 Å². The van der Waals surface area contributed by atoms with Crippen LogP contribution >= 0.6 is 15.9 Å². The van der Waals surface area contributed by atoms with Gasteiger partial charge in [-0.25, -0.2) is 4.98 Å². The highest BCUT2D eigenvalue weighted by Gasteiger charge is 2.08. The molecule has 0 aliphatic carbocycles. The SMILES string of the molecule is COCC(=O)Nc1c[nH]c2ncc(Br)cc12. The summed E-state index contributed by atoms with van der Waals surface area (Å²) in [4.78, 5) is 18.5. The highest BCUT2D eigenvalue weighted by Crippen LogP contribution is 2.24. The fraction of sp³-hybridized carbons (Fsp3) is 0.200. The number of H-pyrrole nitrogens is 1. The van der Waals surface area contributed by atoms with Gasteiger partial charge in [0, 0.05) is 29.4 Å². The zero-order valence-electron chi connectivity index (χ0n) is 8.58. The van der Waals surface area contributed by atoms with Crippen molar-refractivity contribution in [3.8, 4) is 0 Å². The lowest BCUT2D eigenvalue weighted by Crippen LogP contribution is -2.16. The first-order valence-electron chi connectivity index (χ1n) is 4.62. The van der Waals surface area contributed by atoms with E-state index in [0.717, 1.165) is 15.5 Å². The number of aromatic nitrogens is 2. The third-order valence-corrected chi connectivity index (χ3v) is 2.48. The van der Waals surface area contributed by atoms with Gasteiger partial charge < -0.3 is 15.0 Å². The third kappa shape index (κ3) is 2.23. The smallest absolute Gasteiger partial charge is 0.250 e. The summed E-state index contributed by atoms with van der Waals surface area (Å²) in [5.41, 5.74) is 1.43. The number of aromatic amines is 1. The molecule has 0 spiro atoms. The fourth-order valence-corrected chi connectivity index (χ4v) is 1.73. The summed E-state index contributed by atoms with van der Waals surface area (Å²) >= 11 is 3.33. The van der Waals surface area contributed by atoms with Crippen molar-refractivity contribution in [3.05, 3.63) is 22.9 Å². The van der Waals surface area contributed by atoms with Crippen molar-refractivity contribution in [1.82, 2.24) is 9.97 Å². The van der Waals surface area contributed by atoms with Gasteiger partial charge in [0.1, 0.15) is 12.3 Å². The molecule has 0 atom stereocenters. The van der Waals surface area contributed by atoms with Gasteiger partial charge in [-0.15, -0.1) is 0 Å². The molecule has 2 rings (SSSR count). The Morgan fingerprint density at radius 2 is 2.50 bits per heavy atom. The van der Waals surface area contributed by atoms with Crippen LogP contribution in [0.15, 0.2) is 22.9 Å². The molecule has 0 bridgehead atoms. The van der Waals surface area contributed by atoms with Crippen molar-refractivity contribution in [1.29, 1.82) is 0 Å². The predicted octanol–water partition coefficient (Wildman–Crippen LogP) is 1.91. The number of nitrogens with one attached hydrogen (secondary N) is 2. The number of nitrogens with zero attached hydrogens (tertiary/aromatic N) is 1. The molecule has 0 saturated carbocycles. The Hall–Kier alpha value is -1.40. The standard InChI is InChI=1S/C10H10BrN3O2/c1-16-5-9(15)14-8-4-13-10-7(8)2-6(11)3-12-10/h2-4H,5H2,1H3,(H,12,13)(H,14,15). The van der Waals surface area contributed by atoms with Gasteiger partial charge in [0.15, 0.2) is 0 Å². The van der Waals surface area contributed by atoms with Crippen molar-refractivity contribution in [2.45, 2.75) is 0 Å². The largest absolute Gasteiger partial charge is 0.375 e. The van der Waals surface area contributed by atoms with Gasteiger partial charge >= 0.3 is 0 Å². The van der Waals surface area contributed by atoms with Gasteiger partial charge in [-0.05, 0) is 22.0 Å². The number of rotatable bonds is 3. The van der Waals surface area contributed by atoms with Crippen molar-refractivity contribution in [3.63, 3.8) is 0 Å². The van der Waals surface area contributed by atoms with Gasteiger partial charge in [0.25, 0.3) is 0 Å². The molecule has 6 heteroatoms. The number of halogens is 1. The maximum absolute atomic E-state index is 11.4. The Morgan fingerprint density at radius 1 is 1.69 bits per heavy atom. The van der Waals surface area contributed by atoms with E-state index in [9.17, 15) is 4.79 Å². The molecular formula is C10H10BrN3O2. The summed E-state index contributed by atoms with van der Waals surface area (Å²) in [7, 11) is 1.48. The first-order valence-corrected chi connectivity index (χ1v) is 5.41. The minimum Gasteiger partial charge on any atom is -0.375 e. The number of methoxy groups -OCH3 is 1. The topological polar surface area (TPSA) is 67.0 Å². The minimum absolute atomic E-state index is 0.0358. The Kier molecular flexibility index (Phi) is 3.21. The van der Waals surface area contributed by atoms with Crippen LogP contribution in [0.5, 0.6) is 0 Å². The number of carbonyl (C=O) groups excluding carboxylic acids is 1. The molecule has 84 valence electrons. The molecular weight excluding hydrogens is 274 g/mol. The number of amides is 1. The van der Waals surface area contributed by atoms with Crippen LogP contribution in [0.4, 0.5) is 5.69 Å². The van der Waals surface area contributed by atoms with Crippen LogP contribution in [0.1, 0.15) is 0 Å². The molecule has 5 nitrogen and oxygen atoms in total. The van der Waals surface area contributed by atoms with Crippen LogP contribution in [0, 0.1) is 0 Å². The fourth-order valence-electron chi connectivity index (χ4n) is 1.40. The zero-order chi connectivity index (χ0) is 11.5. The average Bonchev–Trinajstić information content (AvgIpc) is 2.61. The van der Waals surface area contributed by atoms with E-state index in [1.54, 1.807) is 12.4 Å². The Morgan fingerprint density at radius 3 is 3.25 bits per heavy atom. The van der Waals surface area contributed by atoms with Crippen LogP contribution in [0.3, 0.4) is 0 Å². The molecule has 2 aromatic rings. The maximum Gasteiger partial charge on any atom is 0.250 e. The lowest BCUT2D eigenvalue weighted by molar-refractivity contribution is -0.119. The Bertz CT molecular complexity index is 524. The number of anilines is 1. The first-order chi connectivity index (χ1) is 7.70. The van der Waals surface area contributed by atoms with Gasteiger partial charge in [0.05, 0.1) is 5.69 Å². The molecule has 0 radical (unpaired) electrons. The van der Waals surface area contributed by atoms with E-state index in [-0.39, 0.29) is 12.5 Å². The summed E-state index contributed by atoms with van der Waals surface area (Å²) in [6, 6.07) is 1.89. The quantitative estimate of drug-likeness (QED) is 0.904. The molecule has 2 N–H and O–H groups in total. The molecule has 0 aromatic carbocycles. The predicted molar refractivity (Wildman–Crippen MR) is 64.3 cm³/mol. The first kappa shape index (κ1) is 11.1. The second-order valence-electron chi connectivity index (χ2n) is 3.23. The van der Waals surface area contributed by atoms with Crippen LogP contribution in [0.2, 0.25) is 0 Å². The highest BCUT2D eigenvalue weighted by molar-refractivity contribution is 9.10. The van der Waals surface area contributed by atoms with E-state index in [1.807, 2.05) is 6.07 Å². The molecule has 2 aromatic heterocycles. The molecule has 16 heavy (non-hydrogen) atoms. The minimum atomic E-state index is -0.191. The van der Waals surface area contributed by atoms with Gasteiger partial charge in [-0.1, -0.05) is 0 Å². The monoisotopic (exact) mass is 283 g/mol. The van der Waals surface area contributed by atoms with Crippen molar-refractivity contribution in [2.75, 3.05) is 19.0 Å². The van der Waals surface area contributed by atoms with E-state index in [0.29, 0.717) is 5.69 Å². The summed E-state index contributed by atoms with van der Waals surface area (Å²) in [5.74, 6) is -0.191. The summed E-state index contributed by atoms with van der Waals surface area (Å²) < 4.78 is 5.60. The van der Waals surface area contributed by atoms with Crippen LogP contribution in [-0.2, 0) is 9.53 Å². The second kappa shape index (κ2) is 4.63. The van der Waals surface area contributed by atoms with Gasteiger partial charge in [-0.3, -0.25) is 4.79 Å². The van der Waals surface area contributed by atoms with Crippen molar-refractivity contribution < 1.29 is 9.53 Å². The molecule has 2 heterocycles. The van der Waals surface area contributed by atoms with Crippen molar-refractivity contribution in [2.24, 2.45) is 0 Å². The van der Waals surface area contributed by atoms with Crippen LogP contribution in [0.25, 0.3) is 11.0 Å². The Labute approximate surface area is 100 Å². The van der Waals surface area contributed by atoms with E-state index in [4.69, 9.17) is 4.74 Å². The molecule has 0 unspecified atom stereocenters. The molecule has 1 amide bonds. The number of hydrogen-bond acceptors (Lipinski definition) is 3. The number of pyridine rings is 1. The van der Waals surface area contributed by atoms with Crippen LogP contribution < -0.4 is 5.32 Å². The van der Waals surface area contributed by atoms with E-state index >= 15 is 0 Å². The Balaban J connectivity index is 2.30. The van der Waals surface area contributed by atoms with Crippen molar-refractivity contribution >= 4 is 38.6 Å². The van der Waals surface area contributed by atoms with Crippen LogP contribution in [-0.4, -0.2) is 29.6 Å². The lowest BCUT2D eigenvalue weighted by Gasteiger charge is -2.02. The summed E-state index contributed by atoms with van der Waals surface area (Å²) in [6.07, 6.45) is 3.40. The average molecular weight is 284 g/mol. The second-order valence-corrected chi connectivity index (χ2v) is 4.15. The maximum atomic E-state index is 11.4. The molecule has 0 aliphatic heterocycles. The highest BCUT2D eigenvalue weighted by atomic mass is 79.9. The van der Waals surface area contributed by atoms with E-state index in [2.05, 4.69) is 31.2 Å².